The van der Waals surface area contributed by atoms with Gasteiger partial charge in [0.25, 0.3) is 0 Å². The van der Waals surface area contributed by atoms with Gasteiger partial charge in [0.05, 0.1) is 19.4 Å². The second-order valence-corrected chi connectivity index (χ2v) is 4.00. The van der Waals surface area contributed by atoms with E-state index in [0.29, 0.717) is 12.6 Å². The van der Waals surface area contributed by atoms with Crippen LogP contribution in [0.3, 0.4) is 0 Å². The van der Waals surface area contributed by atoms with Crippen molar-refractivity contribution in [2.45, 2.75) is 33.0 Å². The van der Waals surface area contributed by atoms with Crippen LogP contribution in [0.15, 0.2) is 29.4 Å². The van der Waals surface area contributed by atoms with Gasteiger partial charge in [0.1, 0.15) is 18.4 Å². The molecule has 0 unspecified atom stereocenters. The van der Waals surface area contributed by atoms with Crippen molar-refractivity contribution in [2.75, 3.05) is 0 Å². The van der Waals surface area contributed by atoms with Gasteiger partial charge in [0.2, 0.25) is 0 Å². The summed E-state index contributed by atoms with van der Waals surface area (Å²) < 4.78 is 7.22. The maximum absolute atomic E-state index is 5.44. The molecule has 2 heterocycles. The minimum Gasteiger partial charge on any atom is -0.468 e. The minimum atomic E-state index is 0.448. The molecule has 0 aliphatic heterocycles. The molecule has 5 nitrogen and oxygen atoms in total. The molecule has 0 saturated carbocycles. The van der Waals surface area contributed by atoms with E-state index in [9.17, 15) is 0 Å². The number of nitrogens with zero attached hydrogens (tertiary/aromatic N) is 3. The number of aromatic nitrogens is 3. The Bertz CT molecular complexity index is 419. The van der Waals surface area contributed by atoms with Gasteiger partial charge in [-0.2, -0.15) is 5.10 Å². The summed E-state index contributed by atoms with van der Waals surface area (Å²) in [4.78, 5) is 3.91. The van der Waals surface area contributed by atoms with E-state index < -0.39 is 0 Å². The predicted molar refractivity (Wildman–Crippen MR) is 59.8 cm³/mol. The van der Waals surface area contributed by atoms with E-state index in [-0.39, 0.29) is 0 Å². The van der Waals surface area contributed by atoms with Gasteiger partial charge < -0.3 is 9.73 Å². The Morgan fingerprint density at radius 2 is 2.38 bits per heavy atom. The Morgan fingerprint density at radius 3 is 3.06 bits per heavy atom. The summed E-state index contributed by atoms with van der Waals surface area (Å²) in [5, 5.41) is 7.40. The van der Waals surface area contributed by atoms with Crippen LogP contribution in [0.1, 0.15) is 25.2 Å². The van der Waals surface area contributed by atoms with Crippen molar-refractivity contribution >= 4 is 0 Å². The van der Waals surface area contributed by atoms with E-state index in [1.165, 1.54) is 6.33 Å². The first-order valence-corrected chi connectivity index (χ1v) is 5.36. The highest BCUT2D eigenvalue weighted by molar-refractivity contribution is 5.17. The van der Waals surface area contributed by atoms with Crippen LogP contribution < -0.4 is 5.32 Å². The van der Waals surface area contributed by atoms with Crippen LogP contribution in [0.2, 0.25) is 0 Å². The molecular weight excluding hydrogens is 204 g/mol. The van der Waals surface area contributed by atoms with Gasteiger partial charge in [0, 0.05) is 11.6 Å². The summed E-state index contributed by atoms with van der Waals surface area (Å²) in [6.45, 7) is 5.67. The van der Waals surface area contributed by atoms with E-state index in [4.69, 9.17) is 4.42 Å². The fourth-order valence-electron chi connectivity index (χ4n) is 1.45. The predicted octanol–water partition coefficient (Wildman–Crippen LogP) is 1.42. The van der Waals surface area contributed by atoms with Gasteiger partial charge in [0.15, 0.2) is 0 Å². The van der Waals surface area contributed by atoms with E-state index in [0.717, 1.165) is 17.9 Å². The molecule has 1 N–H and O–H groups in total. The minimum absolute atomic E-state index is 0.448. The smallest absolute Gasteiger partial charge is 0.137 e. The fraction of sp³-hybridized carbons (Fsp3) is 0.455. The van der Waals surface area contributed by atoms with Crippen molar-refractivity contribution in [2.24, 2.45) is 0 Å². The second-order valence-electron chi connectivity index (χ2n) is 4.00. The molecule has 16 heavy (non-hydrogen) atoms. The van der Waals surface area contributed by atoms with Crippen molar-refractivity contribution in [3.05, 3.63) is 36.3 Å². The highest BCUT2D eigenvalue weighted by Gasteiger charge is 2.07. The Hall–Kier alpha value is -1.62. The molecule has 2 aromatic rings. The monoisotopic (exact) mass is 220 g/mol. The third-order valence-electron chi connectivity index (χ3n) is 2.31. The van der Waals surface area contributed by atoms with Crippen LogP contribution in [-0.4, -0.2) is 20.8 Å². The topological polar surface area (TPSA) is 55.9 Å². The van der Waals surface area contributed by atoms with Gasteiger partial charge in [-0.05, 0) is 6.07 Å². The summed E-state index contributed by atoms with van der Waals surface area (Å²) in [6.07, 6.45) is 4.95. The summed E-state index contributed by atoms with van der Waals surface area (Å²) in [5.41, 5.74) is 1.14. The van der Waals surface area contributed by atoms with Crippen molar-refractivity contribution in [3.63, 3.8) is 0 Å². The lowest BCUT2D eigenvalue weighted by atomic mass is 10.2. The average Bonchev–Trinajstić information content (AvgIpc) is 2.87. The van der Waals surface area contributed by atoms with E-state index >= 15 is 0 Å². The van der Waals surface area contributed by atoms with Crippen LogP contribution in [0.5, 0.6) is 0 Å². The number of nitrogens with one attached hydrogen (secondary N) is 1. The molecule has 0 bridgehead atoms. The van der Waals surface area contributed by atoms with E-state index in [2.05, 4.69) is 29.2 Å². The molecule has 0 atom stereocenters. The Labute approximate surface area is 94.5 Å². The molecule has 0 saturated heterocycles. The summed E-state index contributed by atoms with van der Waals surface area (Å²) in [7, 11) is 0. The molecule has 0 aromatic carbocycles. The van der Waals surface area contributed by atoms with Crippen LogP contribution in [-0.2, 0) is 13.1 Å². The zero-order valence-corrected chi connectivity index (χ0v) is 9.55. The SMILES string of the molecule is CC(C)NCc1occc1Cn1cncn1. The molecule has 2 aromatic heterocycles. The van der Waals surface area contributed by atoms with Gasteiger partial charge in [-0.1, -0.05) is 13.8 Å². The Balaban J connectivity index is 2.01. The number of rotatable bonds is 5. The second kappa shape index (κ2) is 4.94. The zero-order chi connectivity index (χ0) is 11.4. The molecule has 0 aliphatic rings. The Morgan fingerprint density at radius 1 is 1.50 bits per heavy atom. The van der Waals surface area contributed by atoms with Crippen LogP contribution >= 0.6 is 0 Å². The van der Waals surface area contributed by atoms with Crippen LogP contribution in [0, 0.1) is 0 Å². The first-order chi connectivity index (χ1) is 7.75. The average molecular weight is 220 g/mol. The Kier molecular flexibility index (Phi) is 3.36. The summed E-state index contributed by atoms with van der Waals surface area (Å²) >= 11 is 0. The standard InChI is InChI=1S/C11H16N4O/c1-9(2)13-5-11-10(3-4-16-11)6-15-8-12-7-14-15/h3-4,7-9,13H,5-6H2,1-2H3. The van der Waals surface area contributed by atoms with Gasteiger partial charge in [-0.15, -0.1) is 0 Å². The third kappa shape index (κ3) is 2.70. The molecule has 0 amide bonds. The molecular formula is C11H16N4O. The molecule has 0 aliphatic carbocycles. The lowest BCUT2D eigenvalue weighted by Crippen LogP contribution is -2.22. The molecule has 0 spiro atoms. The van der Waals surface area contributed by atoms with E-state index in [1.54, 1.807) is 17.3 Å². The lowest BCUT2D eigenvalue weighted by Gasteiger charge is -2.07. The third-order valence-corrected chi connectivity index (χ3v) is 2.31. The quantitative estimate of drug-likeness (QED) is 0.828. The first kappa shape index (κ1) is 10.9. The maximum Gasteiger partial charge on any atom is 0.137 e. The van der Waals surface area contributed by atoms with E-state index in [1.807, 2.05) is 6.07 Å². The fourth-order valence-corrected chi connectivity index (χ4v) is 1.45. The summed E-state index contributed by atoms with van der Waals surface area (Å²) in [5.74, 6) is 0.962. The summed E-state index contributed by atoms with van der Waals surface area (Å²) in [6, 6.07) is 2.42. The van der Waals surface area contributed by atoms with Gasteiger partial charge >= 0.3 is 0 Å². The van der Waals surface area contributed by atoms with Gasteiger partial charge in [-0.3, -0.25) is 0 Å². The first-order valence-electron chi connectivity index (χ1n) is 5.36. The van der Waals surface area contributed by atoms with Crippen molar-refractivity contribution in [1.82, 2.24) is 20.1 Å². The zero-order valence-electron chi connectivity index (χ0n) is 9.55. The molecule has 5 heteroatoms. The molecule has 86 valence electrons. The number of hydrogen-bond donors (Lipinski definition) is 1. The number of hydrogen-bond acceptors (Lipinski definition) is 4. The van der Waals surface area contributed by atoms with Crippen LogP contribution in [0.4, 0.5) is 0 Å². The van der Waals surface area contributed by atoms with Crippen molar-refractivity contribution < 1.29 is 4.42 Å². The maximum atomic E-state index is 5.44. The van der Waals surface area contributed by atoms with Crippen molar-refractivity contribution in [3.8, 4) is 0 Å². The lowest BCUT2D eigenvalue weighted by molar-refractivity contribution is 0.458. The molecule has 0 radical (unpaired) electrons. The molecule has 2 rings (SSSR count). The highest BCUT2D eigenvalue weighted by Crippen LogP contribution is 2.11. The largest absolute Gasteiger partial charge is 0.468 e. The van der Waals surface area contributed by atoms with Crippen molar-refractivity contribution in [1.29, 1.82) is 0 Å². The highest BCUT2D eigenvalue weighted by atomic mass is 16.3. The number of furan rings is 1. The van der Waals surface area contributed by atoms with Gasteiger partial charge in [-0.25, -0.2) is 9.67 Å². The van der Waals surface area contributed by atoms with Crippen LogP contribution in [0.25, 0.3) is 0 Å². The molecule has 0 fully saturated rings. The normalized spacial score (nSPS) is 11.2.